The van der Waals surface area contributed by atoms with E-state index in [-0.39, 0.29) is 49.8 Å². The summed E-state index contributed by atoms with van der Waals surface area (Å²) in [4.78, 5) is 48.1. The van der Waals surface area contributed by atoms with Gasteiger partial charge in [-0.25, -0.2) is 18.2 Å². The number of aromatic nitrogens is 1. The minimum atomic E-state index is -4.05. The van der Waals surface area contributed by atoms with Crippen molar-refractivity contribution in [2.75, 3.05) is 39.8 Å². The van der Waals surface area contributed by atoms with Gasteiger partial charge in [-0.1, -0.05) is 44.2 Å². The molecule has 0 radical (unpaired) electrons. The van der Waals surface area contributed by atoms with Gasteiger partial charge in [0.25, 0.3) is 0 Å². The summed E-state index contributed by atoms with van der Waals surface area (Å²) in [7, 11) is -2.56. The van der Waals surface area contributed by atoms with Crippen LogP contribution in [0.3, 0.4) is 0 Å². The topological polar surface area (TPSA) is 161 Å². The molecular weight excluding hydrogens is 681 g/mol. The van der Waals surface area contributed by atoms with Gasteiger partial charge in [0.05, 0.1) is 47.8 Å². The third kappa shape index (κ3) is 10.2. The number of thiazole rings is 1. The van der Waals surface area contributed by atoms with Crippen molar-refractivity contribution in [3.63, 3.8) is 0 Å². The van der Waals surface area contributed by atoms with Crippen LogP contribution in [0.4, 0.5) is 4.79 Å². The predicted octanol–water partition coefficient (Wildman–Crippen LogP) is 3.03. The number of ether oxygens (including phenoxy) is 1. The van der Waals surface area contributed by atoms with Gasteiger partial charge < -0.3 is 30.3 Å². The number of nitrogens with one attached hydrogen (secondary N) is 2. The third-order valence-electron chi connectivity index (χ3n) is 8.33. The number of aliphatic hydroxyl groups is 1. The number of carbonyl (C=O) groups is 3. The van der Waals surface area contributed by atoms with Crippen molar-refractivity contribution in [2.24, 2.45) is 5.92 Å². The number of urea groups is 1. The number of aliphatic hydroxyl groups excluding tert-OH is 1. The second kappa shape index (κ2) is 17.7. The number of hydrogen-bond donors (Lipinski definition) is 3. The molecule has 1 unspecified atom stereocenters. The zero-order valence-electron chi connectivity index (χ0n) is 29.2. The molecule has 15 heteroatoms. The summed E-state index contributed by atoms with van der Waals surface area (Å²) in [5.41, 5.74) is 1.54. The van der Waals surface area contributed by atoms with E-state index in [1.54, 1.807) is 24.0 Å². The smallest absolute Gasteiger partial charge is 0.321 e. The molecule has 0 aliphatic carbocycles. The number of benzene rings is 2. The Hall–Kier alpha value is -4.05. The lowest BCUT2D eigenvalue weighted by Gasteiger charge is -2.33. The molecule has 1 fully saturated rings. The largest absolute Gasteiger partial charge is 0.497 e. The van der Waals surface area contributed by atoms with E-state index in [1.165, 1.54) is 39.8 Å². The van der Waals surface area contributed by atoms with Gasteiger partial charge in [0.15, 0.2) is 0 Å². The minimum absolute atomic E-state index is 0.0432. The first kappa shape index (κ1) is 38.7. The molecule has 1 saturated heterocycles. The van der Waals surface area contributed by atoms with Crippen molar-refractivity contribution in [2.45, 2.75) is 70.2 Å². The highest BCUT2D eigenvalue weighted by Crippen LogP contribution is 2.23. The Morgan fingerprint density at radius 2 is 1.78 bits per heavy atom. The van der Waals surface area contributed by atoms with E-state index in [0.717, 1.165) is 16.3 Å². The van der Waals surface area contributed by atoms with E-state index >= 15 is 0 Å². The van der Waals surface area contributed by atoms with Crippen LogP contribution >= 0.6 is 11.3 Å². The van der Waals surface area contributed by atoms with Gasteiger partial charge in [-0.05, 0) is 56.0 Å². The molecule has 50 heavy (non-hydrogen) atoms. The maximum Gasteiger partial charge on any atom is 0.321 e. The Balaban J connectivity index is 1.60. The van der Waals surface area contributed by atoms with E-state index in [2.05, 4.69) is 15.6 Å². The number of sulfonamides is 1. The molecule has 0 bridgehead atoms. The standard InChI is InChI=1S/C35H48N6O7S2/c1-6-36-33(43)19-31(41-17-16-39(35(41)45)21-27-23-49-25(4)37-27)34(44)38-30(18-26-10-8-7-9-11-26)32(42)22-40(20-24(2)3)50(46,47)29-14-12-28(48-5)13-15-29/h7-15,23-24,30-32,42H,6,16-22H2,1-5H3,(H,36,43)(H,38,44)/t30-,31?,32+/m0/s1. The fourth-order valence-corrected chi connectivity index (χ4v) is 8.07. The lowest BCUT2D eigenvalue weighted by Crippen LogP contribution is -2.57. The molecule has 2 heterocycles. The molecule has 0 spiro atoms. The number of methoxy groups -OCH3 is 1. The Labute approximate surface area is 298 Å². The van der Waals surface area contributed by atoms with Crippen LogP contribution in [-0.4, -0.2) is 108 Å². The third-order valence-corrected chi connectivity index (χ3v) is 11.0. The van der Waals surface area contributed by atoms with Gasteiger partial charge in [0.1, 0.15) is 11.8 Å². The molecule has 4 amide bonds. The molecule has 272 valence electrons. The zero-order chi connectivity index (χ0) is 36.4. The van der Waals surface area contributed by atoms with Gasteiger partial charge >= 0.3 is 6.03 Å². The quantitative estimate of drug-likeness (QED) is 0.180. The predicted molar refractivity (Wildman–Crippen MR) is 191 cm³/mol. The second-order valence-electron chi connectivity index (χ2n) is 12.7. The maximum atomic E-state index is 14.2. The Bertz CT molecular complexity index is 1680. The summed E-state index contributed by atoms with van der Waals surface area (Å²) in [5, 5.41) is 20.1. The summed E-state index contributed by atoms with van der Waals surface area (Å²) in [6.45, 7) is 8.40. The first-order valence-corrected chi connectivity index (χ1v) is 19.0. The minimum Gasteiger partial charge on any atom is -0.497 e. The van der Waals surface area contributed by atoms with Crippen molar-refractivity contribution >= 4 is 39.2 Å². The van der Waals surface area contributed by atoms with Crippen molar-refractivity contribution in [3.05, 3.63) is 76.2 Å². The monoisotopic (exact) mass is 728 g/mol. The van der Waals surface area contributed by atoms with Gasteiger partial charge in [0, 0.05) is 38.1 Å². The summed E-state index contributed by atoms with van der Waals surface area (Å²) >= 11 is 1.48. The first-order chi connectivity index (χ1) is 23.8. The van der Waals surface area contributed by atoms with Crippen molar-refractivity contribution in [1.82, 2.24) is 29.7 Å². The van der Waals surface area contributed by atoms with Crippen molar-refractivity contribution in [3.8, 4) is 5.75 Å². The molecule has 1 aliphatic rings. The zero-order valence-corrected chi connectivity index (χ0v) is 30.9. The van der Waals surface area contributed by atoms with Crippen LogP contribution in [-0.2, 0) is 32.6 Å². The van der Waals surface area contributed by atoms with E-state index in [1.807, 2.05) is 56.5 Å². The van der Waals surface area contributed by atoms with E-state index in [4.69, 9.17) is 4.74 Å². The highest BCUT2D eigenvalue weighted by Gasteiger charge is 2.40. The average Bonchev–Trinajstić information content (AvgIpc) is 3.67. The number of hydrogen-bond acceptors (Lipinski definition) is 9. The Morgan fingerprint density at radius 3 is 2.38 bits per heavy atom. The van der Waals surface area contributed by atoms with Crippen molar-refractivity contribution in [1.29, 1.82) is 0 Å². The molecule has 3 N–H and O–H groups in total. The lowest BCUT2D eigenvalue weighted by atomic mass is 9.99. The van der Waals surface area contributed by atoms with Crippen LogP contribution in [0, 0.1) is 12.8 Å². The molecule has 2 aromatic carbocycles. The first-order valence-electron chi connectivity index (χ1n) is 16.7. The van der Waals surface area contributed by atoms with Crippen molar-refractivity contribution < 1.29 is 32.6 Å². The summed E-state index contributed by atoms with van der Waals surface area (Å²) in [6.07, 6.45) is -1.47. The normalized spacial score (nSPS) is 15.3. The fourth-order valence-electron chi connectivity index (χ4n) is 5.84. The molecule has 3 aromatic rings. The molecule has 13 nitrogen and oxygen atoms in total. The molecule has 1 aromatic heterocycles. The van der Waals surface area contributed by atoms with Crippen LogP contribution in [0.2, 0.25) is 0 Å². The summed E-state index contributed by atoms with van der Waals surface area (Å²) in [5.74, 6) is -0.589. The van der Waals surface area contributed by atoms with Crippen LogP contribution in [0.25, 0.3) is 0 Å². The number of rotatable bonds is 18. The summed E-state index contributed by atoms with van der Waals surface area (Å²) < 4.78 is 34.1. The summed E-state index contributed by atoms with van der Waals surface area (Å²) in [6, 6.07) is 12.7. The van der Waals surface area contributed by atoms with Crippen LogP contribution in [0.15, 0.2) is 64.9 Å². The lowest BCUT2D eigenvalue weighted by molar-refractivity contribution is -0.131. The van der Waals surface area contributed by atoms with Gasteiger partial charge in [0.2, 0.25) is 21.8 Å². The molecule has 1 aliphatic heterocycles. The molecular formula is C35H48N6O7S2. The number of nitrogens with zero attached hydrogens (tertiary/aromatic N) is 4. The fraction of sp³-hybridized carbons (Fsp3) is 0.486. The number of aryl methyl sites for hydroxylation is 1. The van der Waals surface area contributed by atoms with E-state index in [9.17, 15) is 27.9 Å². The van der Waals surface area contributed by atoms with Gasteiger partial charge in [-0.2, -0.15) is 4.31 Å². The van der Waals surface area contributed by atoms with Gasteiger partial charge in [-0.15, -0.1) is 11.3 Å². The average molecular weight is 729 g/mol. The second-order valence-corrected chi connectivity index (χ2v) is 15.7. The molecule has 3 atom stereocenters. The van der Waals surface area contributed by atoms with E-state index < -0.39 is 46.1 Å². The number of amides is 4. The molecule has 4 rings (SSSR count). The highest BCUT2D eigenvalue weighted by molar-refractivity contribution is 7.89. The van der Waals surface area contributed by atoms with Gasteiger partial charge in [-0.3, -0.25) is 9.59 Å². The highest BCUT2D eigenvalue weighted by atomic mass is 32.2. The molecule has 0 saturated carbocycles. The SMILES string of the molecule is CCNC(=O)CC(C(=O)N[C@@H](Cc1ccccc1)[C@H](O)CN(CC(C)C)S(=O)(=O)c1ccc(OC)cc1)N1CCN(Cc2csc(C)n2)C1=O. The van der Waals surface area contributed by atoms with Crippen LogP contribution in [0.5, 0.6) is 5.75 Å². The Morgan fingerprint density at radius 1 is 1.08 bits per heavy atom. The number of carbonyl (C=O) groups excluding carboxylic acids is 3. The van der Waals surface area contributed by atoms with Crippen LogP contribution in [0.1, 0.15) is 43.5 Å². The van der Waals surface area contributed by atoms with E-state index in [0.29, 0.717) is 18.8 Å². The maximum absolute atomic E-state index is 14.2. The Kier molecular flexibility index (Phi) is 13.8. The van der Waals surface area contributed by atoms with Crippen LogP contribution < -0.4 is 15.4 Å².